The van der Waals surface area contributed by atoms with Gasteiger partial charge in [-0.2, -0.15) is 0 Å². The van der Waals surface area contributed by atoms with Crippen LogP contribution in [-0.2, 0) is 16.0 Å². The lowest BCUT2D eigenvalue weighted by atomic mass is 10.0. The molecule has 0 aromatic heterocycles. The van der Waals surface area contributed by atoms with E-state index in [0.717, 1.165) is 17.7 Å². The molecule has 4 heteroatoms. The second-order valence-electron chi connectivity index (χ2n) is 5.47. The van der Waals surface area contributed by atoms with E-state index in [9.17, 15) is 9.59 Å². The standard InChI is InChI=1S/C19H22N2O2/c1-3-15-9-11-17(12-10-15)21-19(23)13-18(20-14(2)22)16-7-5-4-6-8-16/h4-12,18H,3,13H2,1-2H3,(H,20,22)(H,21,23)/t18-/m1/s1. The SMILES string of the molecule is CCc1ccc(NC(=O)C[C@@H](NC(C)=O)c2ccccc2)cc1. The third-order valence-electron chi connectivity index (χ3n) is 3.61. The largest absolute Gasteiger partial charge is 0.349 e. The highest BCUT2D eigenvalue weighted by atomic mass is 16.2. The first kappa shape index (κ1) is 16.7. The Labute approximate surface area is 136 Å². The van der Waals surface area contributed by atoms with E-state index >= 15 is 0 Å². The first-order chi connectivity index (χ1) is 11.1. The Bertz CT molecular complexity index is 651. The van der Waals surface area contributed by atoms with Crippen LogP contribution in [0.2, 0.25) is 0 Å². The molecule has 2 N–H and O–H groups in total. The summed E-state index contributed by atoms with van der Waals surface area (Å²) < 4.78 is 0. The van der Waals surface area contributed by atoms with E-state index in [1.165, 1.54) is 12.5 Å². The van der Waals surface area contributed by atoms with Crippen molar-refractivity contribution in [2.45, 2.75) is 32.7 Å². The lowest BCUT2D eigenvalue weighted by Gasteiger charge is -2.18. The van der Waals surface area contributed by atoms with Crippen LogP contribution in [-0.4, -0.2) is 11.8 Å². The minimum atomic E-state index is -0.330. The Morgan fingerprint density at radius 1 is 1.00 bits per heavy atom. The molecule has 0 radical (unpaired) electrons. The molecule has 2 amide bonds. The average Bonchev–Trinajstić information content (AvgIpc) is 2.55. The summed E-state index contributed by atoms with van der Waals surface area (Å²) >= 11 is 0. The Kier molecular flexibility index (Phi) is 5.92. The van der Waals surface area contributed by atoms with E-state index in [4.69, 9.17) is 0 Å². The highest BCUT2D eigenvalue weighted by molar-refractivity contribution is 5.91. The van der Waals surface area contributed by atoms with Gasteiger partial charge in [0.25, 0.3) is 0 Å². The number of hydrogen-bond acceptors (Lipinski definition) is 2. The van der Waals surface area contributed by atoms with E-state index < -0.39 is 0 Å². The van der Waals surface area contributed by atoms with Gasteiger partial charge in [0.05, 0.1) is 12.5 Å². The summed E-state index contributed by atoms with van der Waals surface area (Å²) in [5.41, 5.74) is 2.91. The molecule has 23 heavy (non-hydrogen) atoms. The van der Waals surface area contributed by atoms with Gasteiger partial charge in [-0.1, -0.05) is 49.4 Å². The molecular formula is C19H22N2O2. The van der Waals surface area contributed by atoms with Gasteiger partial charge in [0.1, 0.15) is 0 Å². The molecule has 0 aliphatic carbocycles. The molecule has 0 bridgehead atoms. The van der Waals surface area contributed by atoms with Crippen molar-refractivity contribution in [3.63, 3.8) is 0 Å². The Hall–Kier alpha value is -2.62. The van der Waals surface area contributed by atoms with Crippen molar-refractivity contribution in [2.75, 3.05) is 5.32 Å². The first-order valence-corrected chi connectivity index (χ1v) is 7.79. The molecule has 0 spiro atoms. The van der Waals surface area contributed by atoms with E-state index in [1.54, 1.807) is 0 Å². The maximum Gasteiger partial charge on any atom is 0.226 e. The maximum absolute atomic E-state index is 12.3. The molecule has 0 aliphatic rings. The minimum absolute atomic E-state index is 0.128. The molecule has 0 unspecified atom stereocenters. The normalized spacial score (nSPS) is 11.6. The van der Waals surface area contributed by atoms with Gasteiger partial charge in [-0.3, -0.25) is 9.59 Å². The number of carbonyl (C=O) groups excluding carboxylic acids is 2. The monoisotopic (exact) mass is 310 g/mol. The second kappa shape index (κ2) is 8.13. The molecular weight excluding hydrogens is 288 g/mol. The Morgan fingerprint density at radius 2 is 1.65 bits per heavy atom. The minimum Gasteiger partial charge on any atom is -0.349 e. The lowest BCUT2D eigenvalue weighted by Crippen LogP contribution is -2.29. The van der Waals surface area contributed by atoms with Crippen molar-refractivity contribution in [3.8, 4) is 0 Å². The molecule has 2 aromatic carbocycles. The maximum atomic E-state index is 12.3. The quantitative estimate of drug-likeness (QED) is 0.858. The zero-order valence-corrected chi connectivity index (χ0v) is 13.5. The number of benzene rings is 2. The van der Waals surface area contributed by atoms with E-state index in [1.807, 2.05) is 54.6 Å². The van der Waals surface area contributed by atoms with E-state index in [0.29, 0.717) is 0 Å². The van der Waals surface area contributed by atoms with Crippen molar-refractivity contribution in [1.82, 2.24) is 5.32 Å². The molecule has 120 valence electrons. The number of carbonyl (C=O) groups is 2. The average molecular weight is 310 g/mol. The second-order valence-corrected chi connectivity index (χ2v) is 5.47. The van der Waals surface area contributed by atoms with Crippen LogP contribution in [0.4, 0.5) is 5.69 Å². The van der Waals surface area contributed by atoms with Crippen LogP contribution in [0.15, 0.2) is 54.6 Å². The van der Waals surface area contributed by atoms with E-state index in [2.05, 4.69) is 17.6 Å². The lowest BCUT2D eigenvalue weighted by molar-refractivity contribution is -0.120. The van der Waals surface area contributed by atoms with Gasteiger partial charge in [-0.25, -0.2) is 0 Å². The molecule has 0 aliphatic heterocycles. The number of amides is 2. The summed E-state index contributed by atoms with van der Waals surface area (Å²) in [5, 5.41) is 5.71. The zero-order chi connectivity index (χ0) is 16.7. The fourth-order valence-corrected chi connectivity index (χ4v) is 2.40. The molecule has 0 heterocycles. The first-order valence-electron chi connectivity index (χ1n) is 7.79. The van der Waals surface area contributed by atoms with Crippen LogP contribution in [0.3, 0.4) is 0 Å². The fraction of sp³-hybridized carbons (Fsp3) is 0.263. The number of hydrogen-bond donors (Lipinski definition) is 2. The summed E-state index contributed by atoms with van der Waals surface area (Å²) in [6, 6.07) is 17.0. The van der Waals surface area contributed by atoms with Gasteiger partial charge >= 0.3 is 0 Å². The summed E-state index contributed by atoms with van der Waals surface area (Å²) in [7, 11) is 0. The third kappa shape index (κ3) is 5.25. The molecule has 0 saturated heterocycles. The predicted molar refractivity (Wildman–Crippen MR) is 92.1 cm³/mol. The highest BCUT2D eigenvalue weighted by Gasteiger charge is 2.17. The summed E-state index contributed by atoms with van der Waals surface area (Å²) in [6.07, 6.45) is 1.16. The van der Waals surface area contributed by atoms with Crippen molar-refractivity contribution >= 4 is 17.5 Å². The molecule has 4 nitrogen and oxygen atoms in total. The van der Waals surface area contributed by atoms with E-state index in [-0.39, 0.29) is 24.3 Å². The van der Waals surface area contributed by atoms with Crippen LogP contribution in [0.5, 0.6) is 0 Å². The van der Waals surface area contributed by atoms with Gasteiger partial charge in [0, 0.05) is 12.6 Å². The zero-order valence-electron chi connectivity index (χ0n) is 13.5. The molecule has 2 rings (SSSR count). The van der Waals surface area contributed by atoms with Gasteiger partial charge in [-0.15, -0.1) is 0 Å². The molecule has 0 fully saturated rings. The topological polar surface area (TPSA) is 58.2 Å². The van der Waals surface area contributed by atoms with Gasteiger partial charge in [0.2, 0.25) is 11.8 Å². The van der Waals surface area contributed by atoms with Gasteiger partial charge < -0.3 is 10.6 Å². The molecule has 1 atom stereocenters. The molecule has 0 saturated carbocycles. The third-order valence-corrected chi connectivity index (χ3v) is 3.61. The fourth-order valence-electron chi connectivity index (χ4n) is 2.40. The number of nitrogens with one attached hydrogen (secondary N) is 2. The van der Waals surface area contributed by atoms with Gasteiger partial charge in [-0.05, 0) is 29.7 Å². The predicted octanol–water partition coefficient (Wildman–Crippen LogP) is 3.46. The van der Waals surface area contributed by atoms with Crippen LogP contribution in [0.25, 0.3) is 0 Å². The highest BCUT2D eigenvalue weighted by Crippen LogP contribution is 2.18. The molecule has 2 aromatic rings. The van der Waals surface area contributed by atoms with Crippen LogP contribution >= 0.6 is 0 Å². The Morgan fingerprint density at radius 3 is 2.22 bits per heavy atom. The van der Waals surface area contributed by atoms with Crippen molar-refractivity contribution in [1.29, 1.82) is 0 Å². The van der Waals surface area contributed by atoms with Crippen molar-refractivity contribution < 1.29 is 9.59 Å². The van der Waals surface area contributed by atoms with Crippen molar-refractivity contribution in [2.24, 2.45) is 0 Å². The van der Waals surface area contributed by atoms with Crippen LogP contribution in [0, 0.1) is 0 Å². The number of anilines is 1. The summed E-state index contributed by atoms with van der Waals surface area (Å²) in [6.45, 7) is 3.54. The van der Waals surface area contributed by atoms with Crippen LogP contribution < -0.4 is 10.6 Å². The van der Waals surface area contributed by atoms with Crippen LogP contribution in [0.1, 0.15) is 37.4 Å². The van der Waals surface area contributed by atoms with Crippen molar-refractivity contribution in [3.05, 3.63) is 65.7 Å². The number of rotatable bonds is 6. The summed E-state index contributed by atoms with van der Waals surface area (Å²) in [4.78, 5) is 23.7. The van der Waals surface area contributed by atoms with Gasteiger partial charge in [0.15, 0.2) is 0 Å². The summed E-state index contributed by atoms with van der Waals surface area (Å²) in [5.74, 6) is -0.282. The Balaban J connectivity index is 2.03. The number of aryl methyl sites for hydroxylation is 1. The smallest absolute Gasteiger partial charge is 0.226 e.